The van der Waals surface area contributed by atoms with Gasteiger partial charge >= 0.3 is 5.97 Å². The summed E-state index contributed by atoms with van der Waals surface area (Å²) in [4.78, 5) is 22.7. The van der Waals surface area contributed by atoms with E-state index in [2.05, 4.69) is 16.9 Å². The molecule has 0 spiro atoms. The van der Waals surface area contributed by atoms with Crippen LogP contribution in [-0.4, -0.2) is 26.7 Å². The molecule has 0 saturated heterocycles. The molecular formula is C16H25N3O3. The van der Waals surface area contributed by atoms with E-state index in [1.54, 1.807) is 17.8 Å². The number of unbranched alkanes of at least 4 members (excludes halogenated alkanes) is 2. The first-order chi connectivity index (χ1) is 10.4. The van der Waals surface area contributed by atoms with Gasteiger partial charge in [0.2, 0.25) is 0 Å². The number of nitrogens with zero attached hydrogens (tertiary/aromatic N) is 3. The van der Waals surface area contributed by atoms with Crippen LogP contribution in [0.15, 0.2) is 18.3 Å². The zero-order valence-electron chi connectivity index (χ0n) is 13.7. The average molecular weight is 307 g/mol. The lowest BCUT2D eigenvalue weighted by Gasteiger charge is -2.04. The third kappa shape index (κ3) is 6.65. The van der Waals surface area contributed by atoms with Crippen molar-refractivity contribution in [2.75, 3.05) is 0 Å². The van der Waals surface area contributed by atoms with Crippen molar-refractivity contribution in [1.29, 1.82) is 0 Å². The molecule has 1 heterocycles. The first-order valence-corrected chi connectivity index (χ1v) is 7.64. The fourth-order valence-electron chi connectivity index (χ4n) is 1.82. The van der Waals surface area contributed by atoms with Crippen LogP contribution in [0.4, 0.5) is 0 Å². The Morgan fingerprint density at radius 3 is 2.68 bits per heavy atom. The van der Waals surface area contributed by atoms with E-state index in [1.807, 2.05) is 13.8 Å². The molecule has 0 atom stereocenters. The van der Waals surface area contributed by atoms with Crippen molar-refractivity contribution in [2.24, 2.45) is 5.92 Å². The number of hydrogen-bond donors (Lipinski definition) is 0. The highest BCUT2D eigenvalue weighted by Crippen LogP contribution is 2.07. The quantitative estimate of drug-likeness (QED) is 0.377. The Bertz CT molecular complexity index is 520. The van der Waals surface area contributed by atoms with E-state index in [4.69, 9.17) is 4.74 Å². The van der Waals surface area contributed by atoms with E-state index in [-0.39, 0.29) is 12.5 Å². The van der Waals surface area contributed by atoms with Gasteiger partial charge in [-0.3, -0.25) is 9.48 Å². The standard InChI is InChI=1S/C16H25N3O3/c1-12(2)15(20)8-6-5-7-9-19-10-14(17-18-19)11-22-16(21)13(3)4/h10,12H,3,5-9,11H2,1-2,4H3. The number of carbonyl (C=O) groups excluding carboxylic acids is 2. The van der Waals surface area contributed by atoms with Crippen LogP contribution in [0.5, 0.6) is 0 Å². The van der Waals surface area contributed by atoms with E-state index in [1.165, 1.54) is 0 Å². The second-order valence-corrected chi connectivity index (χ2v) is 5.76. The van der Waals surface area contributed by atoms with Crippen molar-refractivity contribution < 1.29 is 14.3 Å². The van der Waals surface area contributed by atoms with Gasteiger partial charge < -0.3 is 4.74 Å². The number of carbonyl (C=O) groups is 2. The number of ketones is 1. The minimum atomic E-state index is -0.427. The molecule has 0 radical (unpaired) electrons. The molecule has 0 bridgehead atoms. The Morgan fingerprint density at radius 2 is 2.05 bits per heavy atom. The lowest BCUT2D eigenvalue weighted by atomic mass is 10.0. The van der Waals surface area contributed by atoms with Crippen LogP contribution in [0.25, 0.3) is 0 Å². The normalized spacial score (nSPS) is 10.7. The minimum Gasteiger partial charge on any atom is -0.456 e. The average Bonchev–Trinajstić information content (AvgIpc) is 2.91. The second kappa shape index (κ2) is 9.12. The smallest absolute Gasteiger partial charge is 0.333 e. The van der Waals surface area contributed by atoms with Gasteiger partial charge in [0.05, 0.1) is 6.20 Å². The highest BCUT2D eigenvalue weighted by Gasteiger charge is 2.08. The molecule has 1 aromatic rings. The van der Waals surface area contributed by atoms with Crippen molar-refractivity contribution in [1.82, 2.24) is 15.0 Å². The van der Waals surface area contributed by atoms with Gasteiger partial charge in [-0.1, -0.05) is 32.1 Å². The fraction of sp³-hybridized carbons (Fsp3) is 0.625. The van der Waals surface area contributed by atoms with E-state index in [0.717, 1.165) is 25.8 Å². The van der Waals surface area contributed by atoms with Gasteiger partial charge in [0.1, 0.15) is 18.1 Å². The predicted molar refractivity (Wildman–Crippen MR) is 82.9 cm³/mol. The lowest BCUT2D eigenvalue weighted by Crippen LogP contribution is -2.06. The molecule has 0 aliphatic heterocycles. The number of ether oxygens (including phenoxy) is 1. The predicted octanol–water partition coefficient (Wildman–Crippen LogP) is 2.68. The summed E-state index contributed by atoms with van der Waals surface area (Å²) in [5, 5.41) is 7.94. The largest absolute Gasteiger partial charge is 0.456 e. The lowest BCUT2D eigenvalue weighted by molar-refractivity contribution is -0.140. The molecule has 0 aliphatic rings. The number of aryl methyl sites for hydroxylation is 1. The fourth-order valence-corrected chi connectivity index (χ4v) is 1.82. The van der Waals surface area contributed by atoms with Crippen LogP contribution in [0, 0.1) is 5.92 Å². The Kier molecular flexibility index (Phi) is 7.49. The maximum absolute atomic E-state index is 11.5. The molecule has 1 aromatic heterocycles. The van der Waals surface area contributed by atoms with Crippen molar-refractivity contribution in [2.45, 2.75) is 59.6 Å². The summed E-state index contributed by atoms with van der Waals surface area (Å²) in [6, 6.07) is 0. The highest BCUT2D eigenvalue weighted by molar-refractivity contribution is 5.86. The minimum absolute atomic E-state index is 0.106. The molecule has 0 fully saturated rings. The Balaban J connectivity index is 2.21. The first-order valence-electron chi connectivity index (χ1n) is 7.64. The SMILES string of the molecule is C=C(C)C(=O)OCc1cn(CCCCCC(=O)C(C)C)nn1. The third-order valence-corrected chi connectivity index (χ3v) is 3.24. The number of aromatic nitrogens is 3. The molecule has 0 aliphatic carbocycles. The summed E-state index contributed by atoms with van der Waals surface area (Å²) < 4.78 is 6.73. The summed E-state index contributed by atoms with van der Waals surface area (Å²) >= 11 is 0. The molecule has 0 saturated carbocycles. The zero-order valence-corrected chi connectivity index (χ0v) is 13.7. The molecule has 0 N–H and O–H groups in total. The molecule has 0 unspecified atom stereocenters. The maximum atomic E-state index is 11.5. The number of hydrogen-bond acceptors (Lipinski definition) is 5. The number of rotatable bonds is 10. The van der Waals surface area contributed by atoms with Crippen LogP contribution >= 0.6 is 0 Å². The van der Waals surface area contributed by atoms with Crippen molar-refractivity contribution >= 4 is 11.8 Å². The van der Waals surface area contributed by atoms with Crippen LogP contribution in [0.3, 0.4) is 0 Å². The molecule has 6 heteroatoms. The first kappa shape index (κ1) is 18.1. The molecule has 122 valence electrons. The van der Waals surface area contributed by atoms with Gasteiger partial charge in [0, 0.05) is 24.5 Å². The topological polar surface area (TPSA) is 74.1 Å². The number of Topliss-reactive ketones (excluding diaryl/α,β-unsaturated/α-hetero) is 1. The molecular weight excluding hydrogens is 282 g/mol. The summed E-state index contributed by atoms with van der Waals surface area (Å²) in [6.45, 7) is 9.83. The van der Waals surface area contributed by atoms with Gasteiger partial charge in [0.15, 0.2) is 0 Å². The van der Waals surface area contributed by atoms with Crippen LogP contribution in [-0.2, 0) is 27.5 Å². The Morgan fingerprint density at radius 1 is 1.32 bits per heavy atom. The molecule has 0 aromatic carbocycles. The zero-order chi connectivity index (χ0) is 16.5. The van der Waals surface area contributed by atoms with Crippen LogP contribution in [0.1, 0.15) is 52.1 Å². The highest BCUT2D eigenvalue weighted by atomic mass is 16.5. The van der Waals surface area contributed by atoms with Gasteiger partial charge in [-0.05, 0) is 19.8 Å². The van der Waals surface area contributed by atoms with Gasteiger partial charge in [0.25, 0.3) is 0 Å². The molecule has 22 heavy (non-hydrogen) atoms. The third-order valence-electron chi connectivity index (χ3n) is 3.24. The summed E-state index contributed by atoms with van der Waals surface area (Å²) in [7, 11) is 0. The molecule has 1 rings (SSSR count). The van der Waals surface area contributed by atoms with Crippen molar-refractivity contribution in [3.05, 3.63) is 24.0 Å². The van der Waals surface area contributed by atoms with E-state index in [9.17, 15) is 9.59 Å². The van der Waals surface area contributed by atoms with Gasteiger partial charge in [-0.15, -0.1) is 5.10 Å². The Labute approximate surface area is 131 Å². The van der Waals surface area contributed by atoms with E-state index >= 15 is 0 Å². The molecule has 6 nitrogen and oxygen atoms in total. The Hall–Kier alpha value is -1.98. The van der Waals surface area contributed by atoms with Crippen LogP contribution < -0.4 is 0 Å². The molecule has 0 amide bonds. The monoisotopic (exact) mass is 307 g/mol. The van der Waals surface area contributed by atoms with E-state index in [0.29, 0.717) is 23.5 Å². The van der Waals surface area contributed by atoms with Crippen LogP contribution in [0.2, 0.25) is 0 Å². The summed E-state index contributed by atoms with van der Waals surface area (Å²) in [5.74, 6) is 0.0199. The second-order valence-electron chi connectivity index (χ2n) is 5.76. The van der Waals surface area contributed by atoms with Gasteiger partial charge in [-0.2, -0.15) is 0 Å². The summed E-state index contributed by atoms with van der Waals surface area (Å²) in [5.41, 5.74) is 0.980. The van der Waals surface area contributed by atoms with Crippen molar-refractivity contribution in [3.8, 4) is 0 Å². The van der Waals surface area contributed by atoms with Crippen molar-refractivity contribution in [3.63, 3.8) is 0 Å². The van der Waals surface area contributed by atoms with Gasteiger partial charge in [-0.25, -0.2) is 4.79 Å². The summed E-state index contributed by atoms with van der Waals surface area (Å²) in [6.07, 6.45) is 5.26. The van der Waals surface area contributed by atoms with E-state index < -0.39 is 5.97 Å². The maximum Gasteiger partial charge on any atom is 0.333 e. The number of esters is 1.